The van der Waals surface area contributed by atoms with Gasteiger partial charge in [0, 0.05) is 13.1 Å². The van der Waals surface area contributed by atoms with Gasteiger partial charge in [0.25, 0.3) is 0 Å². The van der Waals surface area contributed by atoms with Crippen molar-refractivity contribution in [2.24, 2.45) is 0 Å². The molecule has 0 atom stereocenters. The van der Waals surface area contributed by atoms with Gasteiger partial charge in [-0.2, -0.15) is 34.4 Å². The summed E-state index contributed by atoms with van der Waals surface area (Å²) >= 11 is 0. The molecule has 0 aromatic heterocycles. The largest absolute Gasteiger partial charge is 0.451 e. The molecule has 154 valence electrons. The number of carbonyl (C=O) groups excluding carboxylic acids is 2. The average molecular weight is 436 g/mol. The summed E-state index contributed by atoms with van der Waals surface area (Å²) < 4.78 is 115. The Hall–Kier alpha value is -1.58. The molecule has 0 bridgehead atoms. The van der Waals surface area contributed by atoms with Gasteiger partial charge in [0.2, 0.25) is 0 Å². The van der Waals surface area contributed by atoms with Crippen molar-refractivity contribution in [3.05, 3.63) is 0 Å². The fourth-order valence-electron chi connectivity index (χ4n) is 1.43. The molecule has 26 heavy (non-hydrogen) atoms. The van der Waals surface area contributed by atoms with Gasteiger partial charge >= 0.3 is 42.8 Å². The van der Waals surface area contributed by atoms with Gasteiger partial charge < -0.3 is 10.6 Å². The SMILES string of the molecule is O=C(NCCCCCCNC(=O)C(F)(F)S(=O)(=O)F)C(F)(F)S(=O)(=O)F. The summed E-state index contributed by atoms with van der Waals surface area (Å²) in [5.41, 5.74) is 0. The second-order valence-corrected chi connectivity index (χ2v) is 7.61. The smallest absolute Gasteiger partial charge is 0.350 e. The molecule has 0 rings (SSSR count). The first kappa shape index (κ1) is 24.4. The number of unbranched alkanes of at least 4 members (excludes halogenated alkanes) is 3. The van der Waals surface area contributed by atoms with Crippen molar-refractivity contribution in [1.82, 2.24) is 10.6 Å². The predicted molar refractivity (Wildman–Crippen MR) is 74.4 cm³/mol. The van der Waals surface area contributed by atoms with E-state index in [1.807, 2.05) is 0 Å². The minimum atomic E-state index is -6.40. The zero-order valence-corrected chi connectivity index (χ0v) is 14.4. The molecule has 0 aliphatic carbocycles. The fourth-order valence-corrected chi connectivity index (χ4v) is 2.02. The Bertz CT molecular complexity index is 662. The van der Waals surface area contributed by atoms with Crippen LogP contribution in [-0.2, 0) is 30.0 Å². The zero-order valence-electron chi connectivity index (χ0n) is 12.8. The second-order valence-electron chi connectivity index (χ2n) is 4.84. The molecule has 0 saturated heterocycles. The van der Waals surface area contributed by atoms with Crippen molar-refractivity contribution in [3.8, 4) is 0 Å². The summed E-state index contributed by atoms with van der Waals surface area (Å²) in [6, 6.07) is 0. The van der Waals surface area contributed by atoms with E-state index in [0.29, 0.717) is 0 Å². The number of carbonyl (C=O) groups is 2. The van der Waals surface area contributed by atoms with E-state index in [-0.39, 0.29) is 25.7 Å². The Morgan fingerprint density at radius 3 is 1.15 bits per heavy atom. The molecule has 2 N–H and O–H groups in total. The highest BCUT2D eigenvalue weighted by Gasteiger charge is 2.54. The van der Waals surface area contributed by atoms with Crippen molar-refractivity contribution < 1.29 is 51.8 Å². The fraction of sp³-hybridized carbons (Fsp3) is 0.800. The first-order valence-corrected chi connectivity index (χ1v) is 9.52. The highest BCUT2D eigenvalue weighted by atomic mass is 32.3. The van der Waals surface area contributed by atoms with Crippen LogP contribution in [-0.4, -0.2) is 52.2 Å². The van der Waals surface area contributed by atoms with Crippen LogP contribution >= 0.6 is 0 Å². The first-order valence-electron chi connectivity index (χ1n) is 6.75. The molecule has 0 fully saturated rings. The molecular weight excluding hydrogens is 422 g/mol. The number of rotatable bonds is 11. The van der Waals surface area contributed by atoms with Crippen LogP contribution in [0.3, 0.4) is 0 Å². The maximum atomic E-state index is 12.7. The van der Waals surface area contributed by atoms with Crippen molar-refractivity contribution in [2.75, 3.05) is 13.1 Å². The molecule has 0 aliphatic heterocycles. The summed E-state index contributed by atoms with van der Waals surface area (Å²) in [4.78, 5) is 21.6. The van der Waals surface area contributed by atoms with Gasteiger partial charge in [0.05, 0.1) is 0 Å². The molecule has 16 heteroatoms. The molecule has 8 nitrogen and oxygen atoms in total. The lowest BCUT2D eigenvalue weighted by molar-refractivity contribution is -0.136. The van der Waals surface area contributed by atoms with Crippen LogP contribution in [0, 0.1) is 0 Å². The summed E-state index contributed by atoms with van der Waals surface area (Å²) in [5, 5.41) is -7.47. The van der Waals surface area contributed by atoms with Crippen LogP contribution in [0.25, 0.3) is 0 Å². The Balaban J connectivity index is 4.01. The van der Waals surface area contributed by atoms with Crippen LogP contribution in [0.5, 0.6) is 0 Å². The Labute approximate surface area is 144 Å². The summed E-state index contributed by atoms with van der Waals surface area (Å²) in [7, 11) is -12.8. The Morgan fingerprint density at radius 1 is 0.654 bits per heavy atom. The molecular formula is C10H14F6N2O6S2. The molecule has 0 aromatic rings. The van der Waals surface area contributed by atoms with Gasteiger partial charge in [-0.25, -0.2) is 0 Å². The van der Waals surface area contributed by atoms with Crippen molar-refractivity contribution >= 4 is 32.3 Å². The lowest BCUT2D eigenvalue weighted by Gasteiger charge is -2.12. The quantitative estimate of drug-likeness (QED) is 0.277. The summed E-state index contributed by atoms with van der Waals surface area (Å²) in [6.07, 6.45) is 0.442. The van der Waals surface area contributed by atoms with Gasteiger partial charge in [-0.05, 0) is 12.8 Å². The van der Waals surface area contributed by atoms with Crippen LogP contribution < -0.4 is 10.6 Å². The maximum Gasteiger partial charge on any atom is 0.451 e. The highest BCUT2D eigenvalue weighted by molar-refractivity contribution is 7.88. The maximum absolute atomic E-state index is 12.7. The molecule has 0 unspecified atom stereocenters. The van der Waals surface area contributed by atoms with Gasteiger partial charge in [-0.15, -0.1) is 0 Å². The van der Waals surface area contributed by atoms with E-state index in [4.69, 9.17) is 0 Å². The topological polar surface area (TPSA) is 126 Å². The number of hydrogen-bond acceptors (Lipinski definition) is 6. The van der Waals surface area contributed by atoms with Crippen LogP contribution in [0.1, 0.15) is 25.7 Å². The molecule has 0 saturated carbocycles. The van der Waals surface area contributed by atoms with E-state index >= 15 is 0 Å². The van der Waals surface area contributed by atoms with Gasteiger partial charge in [-0.3, -0.25) is 9.59 Å². The normalized spacial score (nSPS) is 13.3. The van der Waals surface area contributed by atoms with E-state index in [9.17, 15) is 51.8 Å². The average Bonchev–Trinajstić information content (AvgIpc) is 2.46. The predicted octanol–water partition coefficient (Wildman–Crippen LogP) is 0.563. The second kappa shape index (κ2) is 8.88. The number of alkyl halides is 4. The Kier molecular flexibility index (Phi) is 8.34. The molecule has 0 radical (unpaired) electrons. The van der Waals surface area contributed by atoms with Gasteiger partial charge in [0.1, 0.15) is 0 Å². The van der Waals surface area contributed by atoms with Crippen molar-refractivity contribution in [2.45, 2.75) is 36.2 Å². The monoisotopic (exact) mass is 436 g/mol. The van der Waals surface area contributed by atoms with Gasteiger partial charge in [0.15, 0.2) is 0 Å². The van der Waals surface area contributed by atoms with Gasteiger partial charge in [-0.1, -0.05) is 20.6 Å². The molecule has 0 aromatic carbocycles. The van der Waals surface area contributed by atoms with Crippen molar-refractivity contribution in [1.29, 1.82) is 0 Å². The van der Waals surface area contributed by atoms with Crippen molar-refractivity contribution in [3.63, 3.8) is 0 Å². The third-order valence-corrected chi connectivity index (χ3v) is 4.41. The number of nitrogens with one attached hydrogen (secondary N) is 2. The minimum absolute atomic E-state index is 0.0249. The van der Waals surface area contributed by atoms with E-state index < -0.39 is 55.9 Å². The molecule has 2 amide bonds. The summed E-state index contributed by atoms with van der Waals surface area (Å²) in [6.45, 7) is -0.872. The molecule has 0 spiro atoms. The lowest BCUT2D eigenvalue weighted by atomic mass is 10.2. The molecule has 0 heterocycles. The highest BCUT2D eigenvalue weighted by Crippen LogP contribution is 2.24. The van der Waals surface area contributed by atoms with Crippen LogP contribution in [0.15, 0.2) is 0 Å². The number of hydrogen-bond donors (Lipinski definition) is 2. The third kappa shape index (κ3) is 6.62. The zero-order chi connectivity index (χ0) is 20.8. The Morgan fingerprint density at radius 2 is 0.923 bits per heavy atom. The first-order chi connectivity index (χ1) is 11.5. The van der Waals surface area contributed by atoms with E-state index in [1.165, 1.54) is 10.6 Å². The minimum Gasteiger partial charge on any atom is -0.350 e. The van der Waals surface area contributed by atoms with E-state index in [0.717, 1.165) is 0 Å². The number of amides is 2. The van der Waals surface area contributed by atoms with Crippen LogP contribution in [0.4, 0.5) is 25.3 Å². The summed E-state index contributed by atoms with van der Waals surface area (Å²) in [5.74, 6) is -4.69. The van der Waals surface area contributed by atoms with E-state index in [2.05, 4.69) is 0 Å². The standard InChI is InChI=1S/C10H14F6N2O6S2/c11-9(12,25(15,21)22)7(19)17-5-3-1-2-4-6-18-8(20)10(13,14)26(16,23)24/h1-6H2,(H,17,19)(H,18,20). The third-order valence-electron chi connectivity index (χ3n) is 2.82. The molecule has 0 aliphatic rings. The number of halogens is 6. The lowest BCUT2D eigenvalue weighted by Crippen LogP contribution is -2.44. The van der Waals surface area contributed by atoms with E-state index in [1.54, 1.807) is 0 Å². The van der Waals surface area contributed by atoms with Crippen LogP contribution in [0.2, 0.25) is 0 Å².